The molecule has 0 unspecified atom stereocenters. The van der Waals surface area contributed by atoms with E-state index in [2.05, 4.69) is 11.7 Å². The minimum absolute atomic E-state index is 0.0465. The highest BCUT2D eigenvalue weighted by Crippen LogP contribution is 2.41. The molecule has 1 saturated carbocycles. The van der Waals surface area contributed by atoms with Crippen molar-refractivity contribution in [2.24, 2.45) is 5.92 Å². The molecule has 0 heterocycles. The first-order valence-electron chi connectivity index (χ1n) is 15.8. The van der Waals surface area contributed by atoms with Crippen LogP contribution in [0.3, 0.4) is 0 Å². The van der Waals surface area contributed by atoms with E-state index in [1.54, 1.807) is 0 Å². The average Bonchev–Trinajstić information content (AvgIpc) is 3.01. The molecule has 48 heavy (non-hydrogen) atoms. The number of unbranched alkanes of at least 4 members (excludes halogenated alkanes) is 2. The van der Waals surface area contributed by atoms with Gasteiger partial charge >= 0.3 is 12.5 Å². The quantitative estimate of drug-likeness (QED) is 0.116. The van der Waals surface area contributed by atoms with Crippen LogP contribution < -0.4 is 9.47 Å². The lowest BCUT2D eigenvalue weighted by molar-refractivity contribution is -0.275. The second kappa shape index (κ2) is 14.5. The van der Waals surface area contributed by atoms with Crippen molar-refractivity contribution in [3.05, 3.63) is 107 Å². The van der Waals surface area contributed by atoms with Crippen molar-refractivity contribution in [2.45, 2.75) is 76.7 Å². The molecule has 4 aromatic rings. The van der Waals surface area contributed by atoms with Crippen LogP contribution in [0, 0.1) is 29.2 Å². The van der Waals surface area contributed by atoms with Crippen LogP contribution in [-0.4, -0.2) is 6.36 Å². The Hall–Kier alpha value is -4.15. The number of hydrogen-bond acceptors (Lipinski definition) is 2. The molecule has 0 spiro atoms. The first-order chi connectivity index (χ1) is 22.7. The molecule has 1 aliphatic carbocycles. The van der Waals surface area contributed by atoms with Gasteiger partial charge in [0.1, 0.15) is 28.8 Å². The van der Waals surface area contributed by atoms with Gasteiger partial charge in [-0.1, -0.05) is 62.9 Å². The van der Waals surface area contributed by atoms with Gasteiger partial charge in [-0.25, -0.2) is 17.6 Å². The summed E-state index contributed by atoms with van der Waals surface area (Å²) in [6, 6.07) is 13.1. The SMILES string of the molecule is CCCCCC1CCC(c2cc(F)c(C(F)(F)Oc3ccc(-c4ccc(-c5ccc(OC(F)(F)F)c(F)c5)c(F)c4)cc3)c(F)c2)CC1. The standard InChI is InChI=1S/C37H33F9O2/c1-2-3-4-5-22-6-8-24(9-7-22)27-20-32(40)35(33(41)21-27)36(42,43)47-28-14-10-23(11-15-28)25-12-16-29(30(38)18-25)26-13-17-34(31(39)19-26)48-37(44,45)46/h10-22,24H,2-9H2,1H3. The maximum atomic E-state index is 15.1. The number of alkyl halides is 5. The molecule has 4 aromatic carbocycles. The van der Waals surface area contributed by atoms with E-state index in [9.17, 15) is 22.0 Å². The van der Waals surface area contributed by atoms with Crippen molar-refractivity contribution in [3.63, 3.8) is 0 Å². The zero-order chi connectivity index (χ0) is 34.6. The summed E-state index contributed by atoms with van der Waals surface area (Å²) in [6.07, 6.45) is -1.49. The second-order valence-corrected chi connectivity index (χ2v) is 12.1. The third-order valence-corrected chi connectivity index (χ3v) is 8.76. The van der Waals surface area contributed by atoms with Crippen molar-refractivity contribution >= 4 is 0 Å². The Labute approximate surface area is 272 Å². The fraction of sp³-hybridized carbons (Fsp3) is 0.351. The van der Waals surface area contributed by atoms with Crippen molar-refractivity contribution < 1.29 is 49.0 Å². The number of benzene rings is 4. The highest BCUT2D eigenvalue weighted by atomic mass is 19.4. The van der Waals surface area contributed by atoms with Crippen LogP contribution >= 0.6 is 0 Å². The lowest BCUT2D eigenvalue weighted by atomic mass is 9.77. The summed E-state index contributed by atoms with van der Waals surface area (Å²) in [4.78, 5) is 0. The average molecular weight is 681 g/mol. The van der Waals surface area contributed by atoms with Gasteiger partial charge in [0.15, 0.2) is 11.6 Å². The summed E-state index contributed by atoms with van der Waals surface area (Å²) in [5, 5.41) is 0. The van der Waals surface area contributed by atoms with Crippen LogP contribution in [0.15, 0.2) is 72.8 Å². The van der Waals surface area contributed by atoms with Gasteiger partial charge in [0.25, 0.3) is 0 Å². The Kier molecular flexibility index (Phi) is 10.7. The van der Waals surface area contributed by atoms with Crippen LogP contribution in [0.25, 0.3) is 22.3 Å². The minimum Gasteiger partial charge on any atom is -0.429 e. The number of ether oxygens (including phenoxy) is 2. The van der Waals surface area contributed by atoms with Crippen LogP contribution in [-0.2, 0) is 6.11 Å². The van der Waals surface area contributed by atoms with E-state index in [-0.39, 0.29) is 22.6 Å². The van der Waals surface area contributed by atoms with Crippen molar-refractivity contribution in [1.82, 2.24) is 0 Å². The molecular formula is C37H33F9O2. The summed E-state index contributed by atoms with van der Waals surface area (Å²) >= 11 is 0. The van der Waals surface area contributed by atoms with E-state index in [1.165, 1.54) is 30.7 Å². The van der Waals surface area contributed by atoms with Gasteiger partial charge in [-0.05, 0) is 102 Å². The molecule has 0 N–H and O–H groups in total. The van der Waals surface area contributed by atoms with E-state index in [4.69, 9.17) is 4.74 Å². The smallest absolute Gasteiger partial charge is 0.429 e. The molecule has 0 atom stereocenters. The topological polar surface area (TPSA) is 18.5 Å². The van der Waals surface area contributed by atoms with Crippen molar-refractivity contribution in [2.75, 3.05) is 0 Å². The summed E-state index contributed by atoms with van der Waals surface area (Å²) in [5.74, 6) is -5.96. The lowest BCUT2D eigenvalue weighted by Gasteiger charge is -2.29. The van der Waals surface area contributed by atoms with Gasteiger partial charge in [-0.3, -0.25) is 0 Å². The zero-order valence-electron chi connectivity index (χ0n) is 26.0. The molecule has 0 amide bonds. The molecule has 0 radical (unpaired) electrons. The first kappa shape index (κ1) is 35.2. The predicted molar refractivity (Wildman–Crippen MR) is 164 cm³/mol. The molecule has 256 valence electrons. The molecule has 0 saturated heterocycles. The third kappa shape index (κ3) is 8.46. The van der Waals surface area contributed by atoms with E-state index >= 15 is 17.6 Å². The number of hydrogen-bond donors (Lipinski definition) is 0. The third-order valence-electron chi connectivity index (χ3n) is 8.76. The summed E-state index contributed by atoms with van der Waals surface area (Å²) in [6.45, 7) is 2.14. The Bertz CT molecular complexity index is 1690. The molecule has 11 heteroatoms. The minimum atomic E-state index is -5.10. The maximum absolute atomic E-state index is 15.1. The van der Waals surface area contributed by atoms with E-state index in [0.29, 0.717) is 23.1 Å². The molecule has 5 rings (SSSR count). The molecular weight excluding hydrogens is 647 g/mol. The highest BCUT2D eigenvalue weighted by Gasteiger charge is 2.41. The van der Waals surface area contributed by atoms with Crippen LogP contribution in [0.4, 0.5) is 39.5 Å². The Morgan fingerprint density at radius 1 is 0.625 bits per heavy atom. The van der Waals surface area contributed by atoms with Gasteiger partial charge in [-0.15, -0.1) is 13.2 Å². The van der Waals surface area contributed by atoms with Gasteiger partial charge in [0.05, 0.1) is 0 Å². The normalized spacial score (nSPS) is 17.0. The summed E-state index contributed by atoms with van der Waals surface area (Å²) in [7, 11) is 0. The monoisotopic (exact) mass is 680 g/mol. The summed E-state index contributed by atoms with van der Waals surface area (Å²) in [5.41, 5.74) is -0.643. The maximum Gasteiger partial charge on any atom is 0.573 e. The molecule has 1 aliphatic rings. The van der Waals surface area contributed by atoms with Crippen molar-refractivity contribution in [1.29, 1.82) is 0 Å². The Morgan fingerprint density at radius 3 is 1.81 bits per heavy atom. The van der Waals surface area contributed by atoms with Crippen molar-refractivity contribution in [3.8, 4) is 33.8 Å². The predicted octanol–water partition coefficient (Wildman–Crippen LogP) is 12.5. The van der Waals surface area contributed by atoms with Gasteiger partial charge in [-0.2, -0.15) is 8.78 Å². The fourth-order valence-electron chi connectivity index (χ4n) is 6.29. The Morgan fingerprint density at radius 2 is 1.23 bits per heavy atom. The highest BCUT2D eigenvalue weighted by molar-refractivity contribution is 5.71. The molecule has 1 fully saturated rings. The van der Waals surface area contributed by atoms with Gasteiger partial charge in [0, 0.05) is 5.56 Å². The first-order valence-corrected chi connectivity index (χ1v) is 15.8. The van der Waals surface area contributed by atoms with E-state index in [1.807, 2.05) is 0 Å². The molecule has 0 bridgehead atoms. The van der Waals surface area contributed by atoms with Crippen LogP contribution in [0.5, 0.6) is 11.5 Å². The lowest BCUT2D eigenvalue weighted by Crippen LogP contribution is -2.25. The second-order valence-electron chi connectivity index (χ2n) is 12.1. The number of halogens is 9. The Balaban J connectivity index is 1.25. The largest absolute Gasteiger partial charge is 0.573 e. The van der Waals surface area contributed by atoms with E-state index in [0.717, 1.165) is 87.4 Å². The molecule has 0 aromatic heterocycles. The van der Waals surface area contributed by atoms with Crippen LogP contribution in [0.2, 0.25) is 0 Å². The molecule has 0 aliphatic heterocycles. The zero-order valence-corrected chi connectivity index (χ0v) is 26.0. The van der Waals surface area contributed by atoms with Crippen LogP contribution in [0.1, 0.15) is 75.3 Å². The fourth-order valence-corrected chi connectivity index (χ4v) is 6.29. The van der Waals surface area contributed by atoms with Gasteiger partial charge in [0.2, 0.25) is 0 Å². The van der Waals surface area contributed by atoms with Gasteiger partial charge < -0.3 is 9.47 Å². The molecule has 2 nitrogen and oxygen atoms in total. The number of rotatable bonds is 11. The summed E-state index contributed by atoms with van der Waals surface area (Å²) < 4.78 is 135. The van der Waals surface area contributed by atoms with E-state index < -0.39 is 52.8 Å².